The second-order valence-corrected chi connectivity index (χ2v) is 4.34. The molecule has 3 N–H and O–H groups in total. The predicted molar refractivity (Wildman–Crippen MR) is 73.1 cm³/mol. The molecule has 4 nitrogen and oxygen atoms in total. The first-order valence-electron chi connectivity index (χ1n) is 6.00. The minimum atomic E-state index is 0.187. The summed E-state index contributed by atoms with van der Waals surface area (Å²) < 4.78 is 0. The second kappa shape index (κ2) is 5.60. The number of aryl methyl sites for hydroxylation is 1. The topological polar surface area (TPSA) is 63.8 Å². The maximum Gasteiger partial charge on any atom is 0.123 e. The van der Waals surface area contributed by atoms with E-state index in [1.165, 1.54) is 0 Å². The van der Waals surface area contributed by atoms with Gasteiger partial charge in [-0.15, -0.1) is 0 Å². The Labute approximate surface area is 107 Å². The summed E-state index contributed by atoms with van der Waals surface area (Å²) in [5, 5.41) is 3.29. The van der Waals surface area contributed by atoms with E-state index in [9.17, 15) is 0 Å². The molecule has 0 aliphatic rings. The Bertz CT molecular complexity index is 525. The summed E-state index contributed by atoms with van der Waals surface area (Å²) in [5.41, 5.74) is 8.93. The zero-order valence-electron chi connectivity index (χ0n) is 10.7. The van der Waals surface area contributed by atoms with Crippen LogP contribution in [0.5, 0.6) is 0 Å². The zero-order chi connectivity index (χ0) is 13.0. The number of hydrogen-bond acceptors (Lipinski definition) is 4. The van der Waals surface area contributed by atoms with E-state index in [1.54, 1.807) is 6.20 Å². The van der Waals surface area contributed by atoms with Crippen molar-refractivity contribution in [3.05, 3.63) is 53.5 Å². The Morgan fingerprint density at radius 1 is 1.33 bits per heavy atom. The van der Waals surface area contributed by atoms with Gasteiger partial charge in [0.25, 0.3) is 0 Å². The van der Waals surface area contributed by atoms with E-state index < -0.39 is 0 Å². The van der Waals surface area contributed by atoms with E-state index in [0.717, 1.165) is 23.4 Å². The first-order valence-corrected chi connectivity index (χ1v) is 6.00. The molecular formula is C14H18N4. The summed E-state index contributed by atoms with van der Waals surface area (Å²) >= 11 is 0. The molecule has 4 heteroatoms. The average molecular weight is 242 g/mol. The van der Waals surface area contributed by atoms with Gasteiger partial charge >= 0.3 is 0 Å². The number of nitrogens with one attached hydrogen (secondary N) is 1. The molecule has 1 unspecified atom stereocenters. The highest BCUT2D eigenvalue weighted by Crippen LogP contribution is 2.17. The molecule has 0 saturated carbocycles. The fourth-order valence-electron chi connectivity index (χ4n) is 1.97. The molecule has 18 heavy (non-hydrogen) atoms. The molecule has 2 aromatic heterocycles. The van der Waals surface area contributed by atoms with Crippen LogP contribution in [0.25, 0.3) is 0 Å². The number of nitrogen functional groups attached to an aromatic ring is 1. The maximum absolute atomic E-state index is 5.69. The van der Waals surface area contributed by atoms with Gasteiger partial charge < -0.3 is 11.1 Å². The van der Waals surface area contributed by atoms with Gasteiger partial charge in [0.2, 0.25) is 0 Å². The highest BCUT2D eigenvalue weighted by atomic mass is 14.9. The Balaban J connectivity index is 2.19. The monoisotopic (exact) mass is 242 g/mol. The summed E-state index contributed by atoms with van der Waals surface area (Å²) in [5.74, 6) is 0.555. The van der Waals surface area contributed by atoms with Gasteiger partial charge in [-0.25, -0.2) is 4.98 Å². The SMILES string of the molecule is CNC(Cc1ccnc(N)c1)c1cccc(C)n1. The largest absolute Gasteiger partial charge is 0.384 e. The Morgan fingerprint density at radius 2 is 2.17 bits per heavy atom. The summed E-state index contributed by atoms with van der Waals surface area (Å²) in [7, 11) is 1.94. The lowest BCUT2D eigenvalue weighted by molar-refractivity contribution is 0.574. The molecule has 2 rings (SSSR count). The van der Waals surface area contributed by atoms with Crippen molar-refractivity contribution in [1.29, 1.82) is 0 Å². The van der Waals surface area contributed by atoms with Gasteiger partial charge in [-0.05, 0) is 50.2 Å². The third-order valence-corrected chi connectivity index (χ3v) is 2.90. The normalized spacial score (nSPS) is 12.3. The number of hydrogen-bond donors (Lipinski definition) is 2. The van der Waals surface area contributed by atoms with Crippen molar-refractivity contribution < 1.29 is 0 Å². The molecule has 0 spiro atoms. The van der Waals surface area contributed by atoms with E-state index in [-0.39, 0.29) is 6.04 Å². The van der Waals surface area contributed by atoms with Crippen LogP contribution in [0, 0.1) is 6.92 Å². The third-order valence-electron chi connectivity index (χ3n) is 2.90. The number of aromatic nitrogens is 2. The quantitative estimate of drug-likeness (QED) is 0.859. The molecule has 0 amide bonds. The number of rotatable bonds is 4. The van der Waals surface area contributed by atoms with Gasteiger partial charge in [0.05, 0.1) is 11.7 Å². The lowest BCUT2D eigenvalue weighted by Gasteiger charge is -2.16. The predicted octanol–water partition coefficient (Wildman–Crippen LogP) is 1.87. The van der Waals surface area contributed by atoms with Crippen molar-refractivity contribution >= 4 is 5.82 Å². The van der Waals surface area contributed by atoms with Crippen LogP contribution in [-0.2, 0) is 6.42 Å². The van der Waals surface area contributed by atoms with E-state index in [0.29, 0.717) is 5.82 Å². The minimum Gasteiger partial charge on any atom is -0.384 e. The van der Waals surface area contributed by atoms with Gasteiger partial charge in [0.15, 0.2) is 0 Å². The molecule has 0 bridgehead atoms. The molecular weight excluding hydrogens is 224 g/mol. The molecule has 0 fully saturated rings. The van der Waals surface area contributed by atoms with Gasteiger partial charge in [-0.3, -0.25) is 4.98 Å². The molecule has 2 aromatic rings. The van der Waals surface area contributed by atoms with Crippen LogP contribution < -0.4 is 11.1 Å². The van der Waals surface area contributed by atoms with Crippen LogP contribution >= 0.6 is 0 Å². The van der Waals surface area contributed by atoms with Crippen molar-refractivity contribution in [3.63, 3.8) is 0 Å². The van der Waals surface area contributed by atoms with E-state index in [4.69, 9.17) is 5.73 Å². The van der Waals surface area contributed by atoms with E-state index >= 15 is 0 Å². The van der Waals surface area contributed by atoms with Gasteiger partial charge in [-0.2, -0.15) is 0 Å². The smallest absolute Gasteiger partial charge is 0.123 e. The van der Waals surface area contributed by atoms with Crippen molar-refractivity contribution in [3.8, 4) is 0 Å². The lowest BCUT2D eigenvalue weighted by Crippen LogP contribution is -2.20. The third kappa shape index (κ3) is 3.05. The van der Waals surface area contributed by atoms with Crippen molar-refractivity contribution in [2.24, 2.45) is 0 Å². The van der Waals surface area contributed by atoms with Crippen LogP contribution in [-0.4, -0.2) is 17.0 Å². The lowest BCUT2D eigenvalue weighted by atomic mass is 10.0. The fraction of sp³-hybridized carbons (Fsp3) is 0.286. The molecule has 94 valence electrons. The van der Waals surface area contributed by atoms with Gasteiger partial charge in [0.1, 0.15) is 5.82 Å². The van der Waals surface area contributed by atoms with Crippen LogP contribution in [0.1, 0.15) is 23.0 Å². The Hall–Kier alpha value is -1.94. The van der Waals surface area contributed by atoms with Crippen LogP contribution in [0.15, 0.2) is 36.5 Å². The summed E-state index contributed by atoms with van der Waals surface area (Å²) in [4.78, 5) is 8.56. The van der Waals surface area contributed by atoms with Crippen LogP contribution in [0.2, 0.25) is 0 Å². The molecule has 0 radical (unpaired) electrons. The number of anilines is 1. The summed E-state index contributed by atoms with van der Waals surface area (Å²) in [6.45, 7) is 2.00. The van der Waals surface area contributed by atoms with Crippen molar-refractivity contribution in [2.75, 3.05) is 12.8 Å². The fourth-order valence-corrected chi connectivity index (χ4v) is 1.97. The molecule has 1 atom stereocenters. The first-order chi connectivity index (χ1) is 8.69. The Morgan fingerprint density at radius 3 is 2.83 bits per heavy atom. The molecule has 0 saturated heterocycles. The molecule has 0 aliphatic heterocycles. The average Bonchev–Trinajstić information content (AvgIpc) is 2.36. The van der Waals surface area contributed by atoms with Crippen LogP contribution in [0.3, 0.4) is 0 Å². The standard InChI is InChI=1S/C14H18N4/c1-10-4-3-5-12(18-10)13(16-2)8-11-6-7-17-14(15)9-11/h3-7,9,13,16H,8H2,1-2H3,(H2,15,17). The molecule has 2 heterocycles. The maximum atomic E-state index is 5.69. The van der Waals surface area contributed by atoms with Crippen molar-refractivity contribution in [1.82, 2.24) is 15.3 Å². The number of nitrogens with two attached hydrogens (primary N) is 1. The van der Waals surface area contributed by atoms with Gasteiger partial charge in [0, 0.05) is 11.9 Å². The minimum absolute atomic E-state index is 0.187. The molecule has 0 aliphatic carbocycles. The second-order valence-electron chi connectivity index (χ2n) is 4.34. The summed E-state index contributed by atoms with van der Waals surface area (Å²) in [6.07, 6.45) is 2.58. The number of nitrogens with zero attached hydrogens (tertiary/aromatic N) is 2. The van der Waals surface area contributed by atoms with Crippen LogP contribution in [0.4, 0.5) is 5.82 Å². The van der Waals surface area contributed by atoms with Crippen molar-refractivity contribution in [2.45, 2.75) is 19.4 Å². The van der Waals surface area contributed by atoms with E-state index in [1.807, 2.05) is 44.3 Å². The molecule has 0 aromatic carbocycles. The first kappa shape index (κ1) is 12.5. The highest BCUT2D eigenvalue weighted by molar-refractivity contribution is 5.32. The zero-order valence-corrected chi connectivity index (χ0v) is 10.7. The highest BCUT2D eigenvalue weighted by Gasteiger charge is 2.11. The van der Waals surface area contributed by atoms with Gasteiger partial charge in [-0.1, -0.05) is 6.07 Å². The number of pyridine rings is 2. The Kier molecular flexibility index (Phi) is 3.89. The summed E-state index contributed by atoms with van der Waals surface area (Å²) in [6, 6.07) is 10.1. The number of likely N-dealkylation sites (N-methyl/N-ethyl adjacent to an activating group) is 1. The van der Waals surface area contributed by atoms with E-state index in [2.05, 4.69) is 15.3 Å².